The summed E-state index contributed by atoms with van der Waals surface area (Å²) in [5, 5.41) is 13.5. The zero-order valence-corrected chi connectivity index (χ0v) is 11.1. The Kier molecular flexibility index (Phi) is 2.94. The number of halogens is 1. The highest BCUT2D eigenvalue weighted by Crippen LogP contribution is 2.41. The van der Waals surface area contributed by atoms with E-state index in [0.29, 0.717) is 28.8 Å². The van der Waals surface area contributed by atoms with Gasteiger partial charge >= 0.3 is 0 Å². The molecule has 1 aliphatic carbocycles. The Morgan fingerprint density at radius 3 is 2.71 bits per heavy atom. The average molecular weight is 286 g/mol. The van der Waals surface area contributed by atoms with Gasteiger partial charge in [-0.15, -0.1) is 0 Å². The summed E-state index contributed by atoms with van der Waals surface area (Å²) in [5.41, 5.74) is 2.94. The number of anilines is 1. The van der Waals surface area contributed by atoms with Gasteiger partial charge in [0.05, 0.1) is 11.0 Å². The number of amides is 1. The second-order valence-corrected chi connectivity index (χ2v) is 4.95. The summed E-state index contributed by atoms with van der Waals surface area (Å²) in [6, 6.07) is 7.52. The molecule has 106 valence electrons. The van der Waals surface area contributed by atoms with Gasteiger partial charge < -0.3 is 5.32 Å². The number of benzene rings is 2. The Morgan fingerprint density at radius 1 is 1.29 bits per heavy atom. The number of nitro benzene ring substituents is 1. The van der Waals surface area contributed by atoms with Crippen molar-refractivity contribution in [2.75, 3.05) is 5.32 Å². The van der Waals surface area contributed by atoms with Gasteiger partial charge in [-0.2, -0.15) is 0 Å². The third-order valence-corrected chi connectivity index (χ3v) is 3.44. The predicted molar refractivity (Wildman–Crippen MR) is 75.6 cm³/mol. The van der Waals surface area contributed by atoms with Gasteiger partial charge in [0.25, 0.3) is 5.69 Å². The van der Waals surface area contributed by atoms with Crippen molar-refractivity contribution in [2.24, 2.45) is 0 Å². The molecule has 1 N–H and O–H groups in total. The van der Waals surface area contributed by atoms with Crippen molar-refractivity contribution in [3.05, 3.63) is 57.4 Å². The van der Waals surface area contributed by atoms with Gasteiger partial charge in [-0.25, -0.2) is 4.39 Å². The van der Waals surface area contributed by atoms with E-state index < -0.39 is 10.7 Å². The van der Waals surface area contributed by atoms with Crippen molar-refractivity contribution in [3.63, 3.8) is 0 Å². The number of carbonyl (C=O) groups excluding carboxylic acids is 1. The summed E-state index contributed by atoms with van der Waals surface area (Å²) >= 11 is 0. The molecule has 21 heavy (non-hydrogen) atoms. The molecule has 0 saturated carbocycles. The molecule has 1 amide bonds. The van der Waals surface area contributed by atoms with Crippen LogP contribution in [0.1, 0.15) is 18.1 Å². The van der Waals surface area contributed by atoms with E-state index in [4.69, 9.17) is 0 Å². The van der Waals surface area contributed by atoms with Crippen molar-refractivity contribution in [2.45, 2.75) is 13.3 Å². The fraction of sp³-hybridized carbons (Fsp3) is 0.133. The first-order chi connectivity index (χ1) is 9.95. The van der Waals surface area contributed by atoms with Crippen LogP contribution in [-0.2, 0) is 11.2 Å². The highest BCUT2D eigenvalue weighted by Gasteiger charge is 2.25. The predicted octanol–water partition coefficient (Wildman–Crippen LogP) is 3.26. The molecule has 0 saturated heterocycles. The van der Waals surface area contributed by atoms with Crippen LogP contribution in [0.2, 0.25) is 0 Å². The quantitative estimate of drug-likeness (QED) is 0.580. The molecule has 0 unspecified atom stereocenters. The zero-order valence-electron chi connectivity index (χ0n) is 11.1. The molecule has 0 spiro atoms. The Labute approximate surface area is 119 Å². The van der Waals surface area contributed by atoms with Crippen LogP contribution in [0.25, 0.3) is 11.1 Å². The first kappa shape index (κ1) is 13.2. The summed E-state index contributed by atoms with van der Waals surface area (Å²) in [6.45, 7) is 1.41. The average Bonchev–Trinajstić information content (AvgIpc) is 2.75. The molecule has 6 heteroatoms. The lowest BCUT2D eigenvalue weighted by Crippen LogP contribution is -2.05. The standard InChI is InChI=1S/C15H11FN2O3/c1-8(19)17-11-2-3-13-9(5-11)4-10-6-12(18(20)21)7-14(16)15(10)13/h2-3,5-7H,4H2,1H3,(H,17,19). The van der Waals surface area contributed by atoms with Gasteiger partial charge in [0.2, 0.25) is 5.91 Å². The number of rotatable bonds is 2. The third kappa shape index (κ3) is 2.24. The SMILES string of the molecule is CC(=O)Nc1ccc2c(c1)Cc1cc([N+](=O)[O-])cc(F)c1-2. The van der Waals surface area contributed by atoms with E-state index in [9.17, 15) is 19.3 Å². The fourth-order valence-electron chi connectivity index (χ4n) is 2.66. The molecule has 0 aromatic heterocycles. The minimum atomic E-state index is -0.602. The second kappa shape index (κ2) is 4.66. The van der Waals surface area contributed by atoms with E-state index in [1.165, 1.54) is 13.0 Å². The van der Waals surface area contributed by atoms with Crippen LogP contribution in [0.3, 0.4) is 0 Å². The normalized spacial score (nSPS) is 11.7. The number of nitro groups is 1. The minimum Gasteiger partial charge on any atom is -0.326 e. The maximum absolute atomic E-state index is 14.1. The number of fused-ring (bicyclic) bond motifs is 3. The molecule has 0 fully saturated rings. The monoisotopic (exact) mass is 286 g/mol. The van der Waals surface area contributed by atoms with Crippen LogP contribution in [-0.4, -0.2) is 10.8 Å². The van der Waals surface area contributed by atoms with Gasteiger partial charge in [0.15, 0.2) is 0 Å². The van der Waals surface area contributed by atoms with Gasteiger partial charge in [0.1, 0.15) is 5.82 Å². The Morgan fingerprint density at radius 2 is 2.05 bits per heavy atom. The number of nitrogens with one attached hydrogen (secondary N) is 1. The van der Waals surface area contributed by atoms with Gasteiger partial charge in [-0.05, 0) is 35.2 Å². The number of hydrogen-bond donors (Lipinski definition) is 1. The zero-order chi connectivity index (χ0) is 15.1. The molecule has 0 atom stereocenters. The lowest BCUT2D eigenvalue weighted by atomic mass is 10.0. The van der Waals surface area contributed by atoms with E-state index in [2.05, 4.69) is 5.32 Å². The highest BCUT2D eigenvalue weighted by molar-refractivity contribution is 5.90. The topological polar surface area (TPSA) is 72.2 Å². The maximum atomic E-state index is 14.1. The molecule has 3 rings (SSSR count). The van der Waals surface area contributed by atoms with Crippen molar-refractivity contribution >= 4 is 17.3 Å². The van der Waals surface area contributed by atoms with Gasteiger partial charge in [-0.1, -0.05) is 6.07 Å². The largest absolute Gasteiger partial charge is 0.326 e. The fourth-order valence-corrected chi connectivity index (χ4v) is 2.66. The Hall–Kier alpha value is -2.76. The van der Waals surface area contributed by atoms with Crippen LogP contribution in [0.4, 0.5) is 15.8 Å². The molecule has 2 aromatic carbocycles. The summed E-state index contributed by atoms with van der Waals surface area (Å²) < 4.78 is 14.1. The van der Waals surface area contributed by atoms with Crippen molar-refractivity contribution in [1.29, 1.82) is 0 Å². The van der Waals surface area contributed by atoms with Crippen molar-refractivity contribution in [1.82, 2.24) is 0 Å². The molecular formula is C15H11FN2O3. The number of nitrogens with zero attached hydrogens (tertiary/aromatic N) is 1. The lowest BCUT2D eigenvalue weighted by molar-refractivity contribution is -0.385. The second-order valence-electron chi connectivity index (χ2n) is 4.95. The Bertz CT molecular complexity index is 787. The number of non-ortho nitro benzene ring substituents is 1. The van der Waals surface area contributed by atoms with E-state index in [1.54, 1.807) is 18.2 Å². The first-order valence-corrected chi connectivity index (χ1v) is 6.33. The van der Waals surface area contributed by atoms with Crippen LogP contribution in [0, 0.1) is 15.9 Å². The molecule has 1 aliphatic rings. The summed E-state index contributed by atoms with van der Waals surface area (Å²) in [7, 11) is 0. The van der Waals surface area contributed by atoms with E-state index in [1.807, 2.05) is 0 Å². The molecule has 2 aromatic rings. The molecule has 0 aliphatic heterocycles. The number of hydrogen-bond acceptors (Lipinski definition) is 3. The highest BCUT2D eigenvalue weighted by atomic mass is 19.1. The van der Waals surface area contributed by atoms with Gasteiger partial charge in [0, 0.05) is 24.2 Å². The summed E-state index contributed by atoms with van der Waals surface area (Å²) in [6.07, 6.45) is 0.413. The van der Waals surface area contributed by atoms with Gasteiger partial charge in [-0.3, -0.25) is 14.9 Å². The smallest absolute Gasteiger partial charge is 0.272 e. The summed E-state index contributed by atoms with van der Waals surface area (Å²) in [4.78, 5) is 21.2. The van der Waals surface area contributed by atoms with Crippen LogP contribution < -0.4 is 5.32 Å². The van der Waals surface area contributed by atoms with Crippen LogP contribution in [0.5, 0.6) is 0 Å². The third-order valence-electron chi connectivity index (χ3n) is 3.44. The van der Waals surface area contributed by atoms with Crippen LogP contribution in [0.15, 0.2) is 30.3 Å². The van der Waals surface area contributed by atoms with Crippen molar-refractivity contribution in [3.8, 4) is 11.1 Å². The molecular weight excluding hydrogens is 275 g/mol. The summed E-state index contributed by atoms with van der Waals surface area (Å²) in [5.74, 6) is -0.780. The molecule has 0 radical (unpaired) electrons. The number of carbonyl (C=O) groups is 1. The van der Waals surface area contributed by atoms with E-state index in [0.717, 1.165) is 11.6 Å². The van der Waals surface area contributed by atoms with Crippen molar-refractivity contribution < 1.29 is 14.1 Å². The van der Waals surface area contributed by atoms with Crippen LogP contribution >= 0.6 is 0 Å². The molecule has 0 heterocycles. The van der Waals surface area contributed by atoms with E-state index >= 15 is 0 Å². The Balaban J connectivity index is 2.08. The lowest BCUT2D eigenvalue weighted by Gasteiger charge is -2.06. The molecule has 0 bridgehead atoms. The van der Waals surface area contributed by atoms with E-state index in [-0.39, 0.29) is 11.6 Å². The maximum Gasteiger partial charge on any atom is 0.272 e. The molecule has 5 nitrogen and oxygen atoms in total. The minimum absolute atomic E-state index is 0.188. The first-order valence-electron chi connectivity index (χ1n) is 6.33.